The fourth-order valence-electron chi connectivity index (χ4n) is 2.21. The van der Waals surface area contributed by atoms with Crippen LogP contribution in [0.25, 0.3) is 0 Å². The monoisotopic (exact) mass is 347 g/mol. The minimum atomic E-state index is 0.575. The number of aromatic nitrogens is 2. The molecule has 0 aromatic carbocycles. The lowest BCUT2D eigenvalue weighted by Gasteiger charge is -2.21. The number of aliphatic imine (C=N–C) groups is 1. The first-order valence-corrected chi connectivity index (χ1v) is 8.98. The summed E-state index contributed by atoms with van der Waals surface area (Å²) >= 11 is 1.67. The Bertz CT molecular complexity index is 671. The first-order chi connectivity index (χ1) is 11.6. The van der Waals surface area contributed by atoms with Crippen molar-refractivity contribution >= 4 is 17.3 Å². The lowest BCUT2D eigenvalue weighted by atomic mass is 10.3. The quantitative estimate of drug-likeness (QED) is 0.616. The Morgan fingerprint density at radius 3 is 2.92 bits per heavy atom. The molecule has 0 aliphatic heterocycles. The number of nitrogens with one attached hydrogen (secondary N) is 1. The number of hydrogen-bond acceptors (Lipinski definition) is 5. The molecule has 0 unspecified atom stereocenters. The van der Waals surface area contributed by atoms with Crippen LogP contribution in [0.5, 0.6) is 5.88 Å². The number of rotatable bonds is 7. The van der Waals surface area contributed by atoms with Crippen LogP contribution in [0, 0.1) is 6.92 Å². The molecule has 0 amide bonds. The van der Waals surface area contributed by atoms with Gasteiger partial charge in [0.2, 0.25) is 5.88 Å². The first kappa shape index (κ1) is 18.2. The largest absolute Gasteiger partial charge is 0.478 e. The molecule has 0 spiro atoms. The Morgan fingerprint density at radius 2 is 2.25 bits per heavy atom. The SMILES string of the molecule is CCNC(=NCc1ccnc(OCC)c1)N(C)Cc1csc(C)n1. The maximum atomic E-state index is 5.44. The van der Waals surface area contributed by atoms with Gasteiger partial charge in [0.1, 0.15) is 0 Å². The third-order valence-corrected chi connectivity index (χ3v) is 4.09. The second kappa shape index (κ2) is 9.22. The molecule has 0 fully saturated rings. The van der Waals surface area contributed by atoms with Crippen molar-refractivity contribution in [3.05, 3.63) is 40.0 Å². The van der Waals surface area contributed by atoms with E-state index in [1.807, 2.05) is 33.0 Å². The Hall–Kier alpha value is -2.15. The van der Waals surface area contributed by atoms with Crippen molar-refractivity contribution in [2.45, 2.75) is 33.9 Å². The van der Waals surface area contributed by atoms with Gasteiger partial charge < -0.3 is 15.0 Å². The molecule has 0 bridgehead atoms. The molecule has 0 aliphatic rings. The van der Waals surface area contributed by atoms with Crippen molar-refractivity contribution < 1.29 is 4.74 Å². The number of ether oxygens (including phenoxy) is 1. The van der Waals surface area contributed by atoms with Gasteiger partial charge in [0.15, 0.2) is 5.96 Å². The van der Waals surface area contributed by atoms with Crippen molar-refractivity contribution in [3.8, 4) is 5.88 Å². The zero-order valence-electron chi connectivity index (χ0n) is 14.7. The molecule has 6 nitrogen and oxygen atoms in total. The highest BCUT2D eigenvalue weighted by atomic mass is 32.1. The van der Waals surface area contributed by atoms with Crippen LogP contribution in [0.2, 0.25) is 0 Å². The van der Waals surface area contributed by atoms with Crippen molar-refractivity contribution in [1.82, 2.24) is 20.2 Å². The van der Waals surface area contributed by atoms with Gasteiger partial charge in [-0.25, -0.2) is 15.0 Å². The zero-order valence-corrected chi connectivity index (χ0v) is 15.6. The first-order valence-electron chi connectivity index (χ1n) is 8.10. The summed E-state index contributed by atoms with van der Waals surface area (Å²) < 4.78 is 5.44. The van der Waals surface area contributed by atoms with Gasteiger partial charge in [0.05, 0.1) is 30.4 Å². The number of hydrogen-bond donors (Lipinski definition) is 1. The second-order valence-corrected chi connectivity index (χ2v) is 6.38. The van der Waals surface area contributed by atoms with E-state index in [4.69, 9.17) is 9.73 Å². The number of pyridine rings is 1. The van der Waals surface area contributed by atoms with Gasteiger partial charge in [-0.1, -0.05) is 0 Å². The molecule has 2 rings (SSSR count). The number of thiazole rings is 1. The van der Waals surface area contributed by atoms with Gasteiger partial charge >= 0.3 is 0 Å². The number of guanidine groups is 1. The summed E-state index contributed by atoms with van der Waals surface area (Å²) in [7, 11) is 2.02. The summed E-state index contributed by atoms with van der Waals surface area (Å²) in [6, 6.07) is 3.89. The average molecular weight is 347 g/mol. The maximum Gasteiger partial charge on any atom is 0.213 e. The summed E-state index contributed by atoms with van der Waals surface area (Å²) in [5, 5.41) is 6.50. The predicted molar refractivity (Wildman–Crippen MR) is 98.5 cm³/mol. The van der Waals surface area contributed by atoms with Crippen molar-refractivity contribution in [2.24, 2.45) is 4.99 Å². The van der Waals surface area contributed by atoms with Gasteiger partial charge in [-0.15, -0.1) is 11.3 Å². The zero-order chi connectivity index (χ0) is 17.4. The molecule has 0 aliphatic carbocycles. The summed E-state index contributed by atoms with van der Waals surface area (Å²) in [5.41, 5.74) is 2.13. The summed E-state index contributed by atoms with van der Waals surface area (Å²) in [6.07, 6.45) is 1.75. The highest BCUT2D eigenvalue weighted by Crippen LogP contribution is 2.12. The van der Waals surface area contributed by atoms with Gasteiger partial charge in [-0.3, -0.25) is 0 Å². The topological polar surface area (TPSA) is 62.6 Å². The van der Waals surface area contributed by atoms with E-state index in [0.717, 1.165) is 35.3 Å². The van der Waals surface area contributed by atoms with Crippen LogP contribution in [0.3, 0.4) is 0 Å². The molecule has 130 valence electrons. The van der Waals surface area contributed by atoms with E-state index in [1.54, 1.807) is 17.5 Å². The Labute approximate surface area is 147 Å². The number of aryl methyl sites for hydroxylation is 1. The summed E-state index contributed by atoms with van der Waals surface area (Å²) in [4.78, 5) is 15.5. The lowest BCUT2D eigenvalue weighted by molar-refractivity contribution is 0.326. The van der Waals surface area contributed by atoms with Crippen LogP contribution in [-0.2, 0) is 13.1 Å². The van der Waals surface area contributed by atoms with Crippen LogP contribution < -0.4 is 10.1 Å². The van der Waals surface area contributed by atoms with Crippen LogP contribution in [0.1, 0.15) is 30.1 Å². The molecule has 0 atom stereocenters. The Kier molecular flexibility index (Phi) is 6.99. The van der Waals surface area contributed by atoms with Crippen LogP contribution in [0.4, 0.5) is 0 Å². The third-order valence-electron chi connectivity index (χ3n) is 3.27. The average Bonchev–Trinajstić information content (AvgIpc) is 2.97. The molecule has 2 aromatic heterocycles. The molecule has 2 heterocycles. The summed E-state index contributed by atoms with van der Waals surface area (Å²) in [5.74, 6) is 1.50. The van der Waals surface area contributed by atoms with E-state index < -0.39 is 0 Å². The van der Waals surface area contributed by atoms with Crippen molar-refractivity contribution in [2.75, 3.05) is 20.2 Å². The minimum absolute atomic E-state index is 0.575. The van der Waals surface area contributed by atoms with Gasteiger partial charge in [-0.2, -0.15) is 0 Å². The highest BCUT2D eigenvalue weighted by molar-refractivity contribution is 7.09. The van der Waals surface area contributed by atoms with Crippen LogP contribution in [-0.4, -0.2) is 41.0 Å². The molecular formula is C17H25N5OS. The second-order valence-electron chi connectivity index (χ2n) is 5.32. The predicted octanol–water partition coefficient (Wildman–Crippen LogP) is 2.84. The highest BCUT2D eigenvalue weighted by Gasteiger charge is 2.08. The molecule has 0 saturated heterocycles. The van der Waals surface area contributed by atoms with E-state index >= 15 is 0 Å². The van der Waals surface area contributed by atoms with E-state index in [0.29, 0.717) is 19.0 Å². The summed E-state index contributed by atoms with van der Waals surface area (Å²) in [6.45, 7) is 8.77. The molecule has 0 radical (unpaired) electrons. The molecule has 2 aromatic rings. The normalized spacial score (nSPS) is 11.4. The van der Waals surface area contributed by atoms with E-state index in [1.165, 1.54) is 0 Å². The van der Waals surface area contributed by atoms with Crippen molar-refractivity contribution in [1.29, 1.82) is 0 Å². The van der Waals surface area contributed by atoms with Crippen molar-refractivity contribution in [3.63, 3.8) is 0 Å². The van der Waals surface area contributed by atoms with Gasteiger partial charge in [0, 0.05) is 31.2 Å². The maximum absolute atomic E-state index is 5.44. The van der Waals surface area contributed by atoms with E-state index in [2.05, 4.69) is 32.5 Å². The smallest absolute Gasteiger partial charge is 0.213 e. The molecule has 7 heteroatoms. The van der Waals surface area contributed by atoms with E-state index in [9.17, 15) is 0 Å². The fourth-order valence-corrected chi connectivity index (χ4v) is 2.81. The molecule has 1 N–H and O–H groups in total. The molecule has 0 saturated carbocycles. The molecular weight excluding hydrogens is 322 g/mol. The standard InChI is InChI=1S/C17H25N5OS/c1-5-18-17(22(4)11-15-12-24-13(3)21-15)20-10-14-7-8-19-16(9-14)23-6-2/h7-9,12H,5-6,10-11H2,1-4H3,(H,18,20). The minimum Gasteiger partial charge on any atom is -0.478 e. The number of nitrogens with zero attached hydrogens (tertiary/aromatic N) is 4. The fraction of sp³-hybridized carbons (Fsp3) is 0.471. The Morgan fingerprint density at radius 1 is 1.42 bits per heavy atom. The third kappa shape index (κ3) is 5.49. The molecule has 24 heavy (non-hydrogen) atoms. The lowest BCUT2D eigenvalue weighted by Crippen LogP contribution is -2.38. The van der Waals surface area contributed by atoms with Crippen LogP contribution in [0.15, 0.2) is 28.7 Å². The van der Waals surface area contributed by atoms with E-state index in [-0.39, 0.29) is 0 Å². The Balaban J connectivity index is 2.05. The van der Waals surface area contributed by atoms with Gasteiger partial charge in [-0.05, 0) is 32.4 Å². The van der Waals surface area contributed by atoms with Crippen LogP contribution >= 0.6 is 11.3 Å². The van der Waals surface area contributed by atoms with Gasteiger partial charge in [0.25, 0.3) is 0 Å².